The molecule has 0 aliphatic rings. The predicted molar refractivity (Wildman–Crippen MR) is 69.9 cm³/mol. The van der Waals surface area contributed by atoms with E-state index in [-0.39, 0.29) is 5.82 Å². The molecule has 0 aromatic heterocycles. The molecule has 0 saturated heterocycles. The van der Waals surface area contributed by atoms with Crippen LogP contribution in [0, 0.1) is 5.82 Å². The molecule has 2 aromatic rings. The Morgan fingerprint density at radius 3 is 2.47 bits per heavy atom. The lowest BCUT2D eigenvalue weighted by atomic mass is 10.2. The topological polar surface area (TPSA) is 9.23 Å². The van der Waals surface area contributed by atoms with E-state index in [4.69, 9.17) is 16.3 Å². The third-order valence-electron chi connectivity index (χ3n) is 2.22. The number of ether oxygens (including phenoxy) is 1. The van der Waals surface area contributed by atoms with Crippen molar-refractivity contribution in [2.75, 3.05) is 0 Å². The summed E-state index contributed by atoms with van der Waals surface area (Å²) in [6, 6.07) is 11.5. The lowest BCUT2D eigenvalue weighted by Crippen LogP contribution is -1.96. The van der Waals surface area contributed by atoms with E-state index in [1.54, 1.807) is 12.1 Å². The van der Waals surface area contributed by atoms with Crippen LogP contribution in [0.5, 0.6) is 5.75 Å². The van der Waals surface area contributed by atoms with Crippen LogP contribution < -0.4 is 4.74 Å². The van der Waals surface area contributed by atoms with Gasteiger partial charge in [0.05, 0.1) is 0 Å². The molecule has 0 spiro atoms. The first-order valence-electron chi connectivity index (χ1n) is 4.97. The van der Waals surface area contributed by atoms with Crippen LogP contribution in [0.25, 0.3) is 0 Å². The van der Waals surface area contributed by atoms with Crippen molar-refractivity contribution in [2.24, 2.45) is 0 Å². The van der Waals surface area contributed by atoms with Crippen molar-refractivity contribution in [3.8, 4) is 5.75 Å². The molecule has 0 aliphatic heterocycles. The molecule has 0 unspecified atom stereocenters. The molecule has 0 radical (unpaired) electrons. The fourth-order valence-electron chi connectivity index (χ4n) is 1.33. The van der Waals surface area contributed by atoms with E-state index in [1.165, 1.54) is 12.1 Å². The van der Waals surface area contributed by atoms with Gasteiger partial charge in [-0.05, 0) is 36.4 Å². The van der Waals surface area contributed by atoms with Gasteiger partial charge in [-0.1, -0.05) is 33.6 Å². The lowest BCUT2D eigenvalue weighted by Gasteiger charge is -2.07. The summed E-state index contributed by atoms with van der Waals surface area (Å²) in [5.74, 6) is 0.337. The second kappa shape index (κ2) is 5.52. The van der Waals surface area contributed by atoms with Gasteiger partial charge < -0.3 is 4.74 Å². The Bertz CT molecular complexity index is 513. The maximum atomic E-state index is 12.7. The highest BCUT2D eigenvalue weighted by molar-refractivity contribution is 9.10. The molecule has 4 heteroatoms. The predicted octanol–water partition coefficient (Wildman–Crippen LogP) is 4.82. The lowest BCUT2D eigenvalue weighted by molar-refractivity contribution is 0.306. The maximum absolute atomic E-state index is 12.7. The summed E-state index contributed by atoms with van der Waals surface area (Å²) >= 11 is 9.38. The highest BCUT2D eigenvalue weighted by atomic mass is 79.9. The molecular weight excluding hydrogens is 306 g/mol. The van der Waals surface area contributed by atoms with Crippen LogP contribution >= 0.6 is 27.5 Å². The fourth-order valence-corrected chi connectivity index (χ4v) is 2.06. The Morgan fingerprint density at radius 1 is 1.12 bits per heavy atom. The van der Waals surface area contributed by atoms with E-state index in [0.717, 1.165) is 10.0 Å². The average Bonchev–Trinajstić information content (AvgIpc) is 2.30. The van der Waals surface area contributed by atoms with E-state index in [9.17, 15) is 4.39 Å². The second-order valence-electron chi connectivity index (χ2n) is 3.48. The zero-order valence-electron chi connectivity index (χ0n) is 8.79. The Morgan fingerprint density at radius 2 is 1.82 bits per heavy atom. The average molecular weight is 316 g/mol. The number of hydrogen-bond acceptors (Lipinski definition) is 1. The zero-order chi connectivity index (χ0) is 12.3. The van der Waals surface area contributed by atoms with Crippen molar-refractivity contribution in [3.63, 3.8) is 0 Å². The van der Waals surface area contributed by atoms with Crippen LogP contribution in [0.2, 0.25) is 5.02 Å². The van der Waals surface area contributed by atoms with Gasteiger partial charge in [-0.15, -0.1) is 0 Å². The molecule has 0 saturated carbocycles. The molecule has 0 amide bonds. The molecule has 88 valence electrons. The maximum Gasteiger partial charge on any atom is 0.123 e. The highest BCUT2D eigenvalue weighted by Crippen LogP contribution is 2.23. The van der Waals surface area contributed by atoms with E-state index in [2.05, 4.69) is 15.9 Å². The monoisotopic (exact) mass is 314 g/mol. The second-order valence-corrected chi connectivity index (χ2v) is 4.80. The third-order valence-corrected chi connectivity index (χ3v) is 3.07. The quantitative estimate of drug-likeness (QED) is 0.789. The zero-order valence-corrected chi connectivity index (χ0v) is 11.1. The smallest absolute Gasteiger partial charge is 0.123 e. The van der Waals surface area contributed by atoms with Crippen LogP contribution in [0.3, 0.4) is 0 Å². The van der Waals surface area contributed by atoms with Gasteiger partial charge in [-0.25, -0.2) is 4.39 Å². The Labute approximate surface area is 112 Å². The molecule has 2 rings (SSSR count). The number of hydrogen-bond donors (Lipinski definition) is 0. The van der Waals surface area contributed by atoms with E-state index in [1.807, 2.05) is 18.2 Å². The van der Waals surface area contributed by atoms with Gasteiger partial charge in [-0.3, -0.25) is 0 Å². The van der Waals surface area contributed by atoms with Crippen molar-refractivity contribution in [3.05, 3.63) is 63.3 Å². The molecule has 0 fully saturated rings. The van der Waals surface area contributed by atoms with E-state index >= 15 is 0 Å². The van der Waals surface area contributed by atoms with Gasteiger partial charge in [0, 0.05) is 15.1 Å². The van der Waals surface area contributed by atoms with Gasteiger partial charge in [0.2, 0.25) is 0 Å². The van der Waals surface area contributed by atoms with Crippen LogP contribution in [0.4, 0.5) is 4.39 Å². The van der Waals surface area contributed by atoms with Crippen LogP contribution in [0.15, 0.2) is 46.9 Å². The Kier molecular flexibility index (Phi) is 4.02. The summed E-state index contributed by atoms with van der Waals surface area (Å²) in [5.41, 5.74) is 0.888. The molecular formula is C13H9BrClFO. The SMILES string of the molecule is Fc1ccc(OCc2ccc(Br)cc2Cl)cc1. The van der Waals surface area contributed by atoms with Crippen molar-refractivity contribution < 1.29 is 9.13 Å². The standard InChI is InChI=1S/C13H9BrClFO/c14-10-2-1-9(13(15)7-10)8-17-12-5-3-11(16)4-6-12/h1-7H,8H2. The van der Waals surface area contributed by atoms with Gasteiger partial charge in [0.25, 0.3) is 0 Å². The first-order valence-corrected chi connectivity index (χ1v) is 6.14. The summed E-state index contributed by atoms with van der Waals surface area (Å²) in [4.78, 5) is 0. The number of benzene rings is 2. The fraction of sp³-hybridized carbons (Fsp3) is 0.0769. The minimum absolute atomic E-state index is 0.279. The molecule has 0 bridgehead atoms. The number of halogens is 3. The Hall–Kier alpha value is -1.06. The molecule has 0 atom stereocenters. The van der Waals surface area contributed by atoms with Crippen LogP contribution in [0.1, 0.15) is 5.56 Å². The third kappa shape index (κ3) is 3.45. The van der Waals surface area contributed by atoms with Crippen molar-refractivity contribution in [1.82, 2.24) is 0 Å². The number of rotatable bonds is 3. The highest BCUT2D eigenvalue weighted by Gasteiger charge is 2.02. The van der Waals surface area contributed by atoms with Crippen molar-refractivity contribution in [1.29, 1.82) is 0 Å². The molecule has 17 heavy (non-hydrogen) atoms. The molecule has 2 aromatic carbocycles. The van der Waals surface area contributed by atoms with E-state index in [0.29, 0.717) is 17.4 Å². The summed E-state index contributed by atoms with van der Waals surface area (Å²) in [6.07, 6.45) is 0. The largest absolute Gasteiger partial charge is 0.489 e. The molecule has 0 N–H and O–H groups in total. The normalized spacial score (nSPS) is 10.3. The summed E-state index contributed by atoms with van der Waals surface area (Å²) in [6.45, 7) is 0.359. The van der Waals surface area contributed by atoms with Crippen molar-refractivity contribution in [2.45, 2.75) is 6.61 Å². The summed E-state index contributed by atoms with van der Waals surface area (Å²) in [7, 11) is 0. The van der Waals surface area contributed by atoms with Gasteiger partial charge in [0.15, 0.2) is 0 Å². The summed E-state index contributed by atoms with van der Waals surface area (Å²) in [5, 5.41) is 0.640. The van der Waals surface area contributed by atoms with E-state index < -0.39 is 0 Å². The van der Waals surface area contributed by atoms with Crippen molar-refractivity contribution >= 4 is 27.5 Å². The Balaban J connectivity index is 2.04. The van der Waals surface area contributed by atoms with Crippen LogP contribution in [-0.4, -0.2) is 0 Å². The molecule has 1 nitrogen and oxygen atoms in total. The van der Waals surface area contributed by atoms with Gasteiger partial charge >= 0.3 is 0 Å². The first kappa shape index (κ1) is 12.4. The molecule has 0 heterocycles. The van der Waals surface area contributed by atoms with Gasteiger partial charge in [-0.2, -0.15) is 0 Å². The summed E-state index contributed by atoms with van der Waals surface area (Å²) < 4.78 is 19.1. The minimum Gasteiger partial charge on any atom is -0.489 e. The molecule has 0 aliphatic carbocycles. The van der Waals surface area contributed by atoms with Crippen LogP contribution in [-0.2, 0) is 6.61 Å². The van der Waals surface area contributed by atoms with Gasteiger partial charge in [0.1, 0.15) is 18.2 Å². The minimum atomic E-state index is -0.279. The first-order chi connectivity index (χ1) is 8.15.